The normalized spacial score (nSPS) is 15.9. The zero-order valence-electron chi connectivity index (χ0n) is 16.4. The van der Waals surface area contributed by atoms with Gasteiger partial charge in [-0.1, -0.05) is 6.07 Å². The molecule has 2 aromatic rings. The molecule has 2 N–H and O–H groups in total. The maximum absolute atomic E-state index is 12.3. The Morgan fingerprint density at radius 3 is 2.60 bits per heavy atom. The first kappa shape index (κ1) is 21.3. The molecule has 30 heavy (non-hydrogen) atoms. The third-order valence-electron chi connectivity index (χ3n) is 3.87. The van der Waals surface area contributed by atoms with E-state index >= 15 is 0 Å². The second kappa shape index (κ2) is 9.84. The Morgan fingerprint density at radius 1 is 1.17 bits per heavy atom. The molecule has 1 aliphatic rings. The van der Waals surface area contributed by atoms with Crippen LogP contribution in [0.25, 0.3) is 6.08 Å². The standard InChI is InChI=1S/C21H20N2O6S/c1-3-28-17-10-13(4-9-16(17)29-12-19(24)25)11-18-20(26)23-21(30-18)22-14-5-7-15(27-2)8-6-14/h4-11H,3,12H2,1-2H3,(H,24,25)(H,22,23,26)/b18-11+. The molecule has 3 rings (SSSR count). The summed E-state index contributed by atoms with van der Waals surface area (Å²) in [6, 6.07) is 12.2. The number of thioether (sulfide) groups is 1. The predicted molar refractivity (Wildman–Crippen MR) is 115 cm³/mol. The van der Waals surface area contributed by atoms with Gasteiger partial charge in [-0.2, -0.15) is 0 Å². The first-order valence-corrected chi connectivity index (χ1v) is 9.85. The van der Waals surface area contributed by atoms with E-state index in [4.69, 9.17) is 19.3 Å². The highest BCUT2D eigenvalue weighted by molar-refractivity contribution is 8.18. The minimum absolute atomic E-state index is 0.253. The largest absolute Gasteiger partial charge is 0.497 e. The Kier molecular flexibility index (Phi) is 6.97. The van der Waals surface area contributed by atoms with Gasteiger partial charge in [0.25, 0.3) is 5.91 Å². The molecular formula is C21H20N2O6S. The minimum atomic E-state index is -1.08. The highest BCUT2D eigenvalue weighted by atomic mass is 32.2. The van der Waals surface area contributed by atoms with Gasteiger partial charge in [-0.05, 0) is 66.7 Å². The van der Waals surface area contributed by atoms with Gasteiger partial charge in [0.1, 0.15) is 5.75 Å². The van der Waals surface area contributed by atoms with Crippen LogP contribution < -0.4 is 19.5 Å². The van der Waals surface area contributed by atoms with Gasteiger partial charge >= 0.3 is 5.97 Å². The minimum Gasteiger partial charge on any atom is -0.497 e. The Balaban J connectivity index is 1.78. The number of nitrogens with zero attached hydrogens (tertiary/aromatic N) is 1. The number of carbonyl (C=O) groups is 2. The number of methoxy groups -OCH3 is 1. The van der Waals surface area contributed by atoms with E-state index in [0.717, 1.165) is 5.75 Å². The van der Waals surface area contributed by atoms with Crippen LogP contribution in [0.2, 0.25) is 0 Å². The highest BCUT2D eigenvalue weighted by Crippen LogP contribution is 2.32. The first-order chi connectivity index (χ1) is 14.5. The summed E-state index contributed by atoms with van der Waals surface area (Å²) in [5, 5.41) is 12.0. The summed E-state index contributed by atoms with van der Waals surface area (Å²) in [5.41, 5.74) is 1.41. The lowest BCUT2D eigenvalue weighted by atomic mass is 10.2. The fourth-order valence-corrected chi connectivity index (χ4v) is 3.39. The topological polar surface area (TPSA) is 106 Å². The zero-order chi connectivity index (χ0) is 21.5. The Bertz CT molecular complexity index is 1000. The van der Waals surface area contributed by atoms with E-state index in [2.05, 4.69) is 10.3 Å². The number of carbonyl (C=O) groups excluding carboxylic acids is 1. The highest BCUT2D eigenvalue weighted by Gasteiger charge is 2.24. The lowest BCUT2D eigenvalue weighted by molar-refractivity contribution is -0.139. The molecule has 2 aromatic carbocycles. The summed E-state index contributed by atoms with van der Waals surface area (Å²) in [4.78, 5) is 27.9. The molecule has 1 heterocycles. The Morgan fingerprint density at radius 2 is 1.93 bits per heavy atom. The molecule has 0 aliphatic carbocycles. The van der Waals surface area contributed by atoms with Gasteiger partial charge in [0, 0.05) is 0 Å². The number of nitrogens with one attached hydrogen (secondary N) is 1. The maximum atomic E-state index is 12.3. The third kappa shape index (κ3) is 5.54. The third-order valence-corrected chi connectivity index (χ3v) is 4.78. The SMILES string of the molecule is CCOc1cc(/C=C2/SC(=Nc3ccc(OC)cc3)NC2=O)ccc1OCC(=O)O. The molecule has 0 unspecified atom stereocenters. The van der Waals surface area contributed by atoms with Gasteiger partial charge in [-0.3, -0.25) is 4.79 Å². The molecule has 0 atom stereocenters. The van der Waals surface area contributed by atoms with Crippen molar-refractivity contribution >= 4 is 40.6 Å². The van der Waals surface area contributed by atoms with Crippen molar-refractivity contribution in [2.75, 3.05) is 20.3 Å². The molecular weight excluding hydrogens is 408 g/mol. The van der Waals surface area contributed by atoms with E-state index in [1.165, 1.54) is 11.8 Å². The summed E-state index contributed by atoms with van der Waals surface area (Å²) >= 11 is 1.23. The van der Waals surface area contributed by atoms with Gasteiger partial charge < -0.3 is 24.6 Å². The number of aliphatic imine (C=N–C) groups is 1. The van der Waals surface area contributed by atoms with Crippen LogP contribution in [0.4, 0.5) is 5.69 Å². The summed E-state index contributed by atoms with van der Waals surface area (Å²) in [6.45, 7) is 1.73. The molecule has 0 bridgehead atoms. The number of hydrogen-bond acceptors (Lipinski definition) is 7. The molecule has 1 amide bonds. The van der Waals surface area contributed by atoms with Gasteiger partial charge in [-0.15, -0.1) is 0 Å². The quantitative estimate of drug-likeness (QED) is 0.620. The van der Waals surface area contributed by atoms with Crippen molar-refractivity contribution in [2.45, 2.75) is 6.92 Å². The Labute approximate surface area is 177 Å². The number of benzene rings is 2. The van der Waals surface area contributed by atoms with Crippen LogP contribution in [0.15, 0.2) is 52.4 Å². The lowest BCUT2D eigenvalue weighted by Crippen LogP contribution is -2.19. The van der Waals surface area contributed by atoms with E-state index in [1.807, 2.05) is 6.92 Å². The van der Waals surface area contributed by atoms with Crippen molar-refractivity contribution in [3.63, 3.8) is 0 Å². The molecule has 0 saturated carbocycles. The van der Waals surface area contributed by atoms with Crippen LogP contribution in [0.5, 0.6) is 17.2 Å². The van der Waals surface area contributed by atoms with E-state index in [1.54, 1.807) is 55.7 Å². The van der Waals surface area contributed by atoms with Crippen molar-refractivity contribution in [2.24, 2.45) is 4.99 Å². The molecule has 9 heteroatoms. The number of amides is 1. The van der Waals surface area contributed by atoms with Crippen LogP contribution in [0.3, 0.4) is 0 Å². The van der Waals surface area contributed by atoms with Crippen LogP contribution in [-0.2, 0) is 9.59 Å². The summed E-state index contributed by atoms with van der Waals surface area (Å²) in [6.07, 6.45) is 1.71. The van der Waals surface area contributed by atoms with Crippen LogP contribution in [0.1, 0.15) is 12.5 Å². The smallest absolute Gasteiger partial charge is 0.341 e. The van der Waals surface area contributed by atoms with E-state index < -0.39 is 12.6 Å². The molecule has 0 spiro atoms. The second-order valence-electron chi connectivity index (χ2n) is 6.00. The maximum Gasteiger partial charge on any atom is 0.341 e. The average Bonchev–Trinajstić information content (AvgIpc) is 3.06. The molecule has 1 aliphatic heterocycles. The number of carboxylic acids is 1. The van der Waals surface area contributed by atoms with Crippen LogP contribution in [0, 0.1) is 0 Å². The second-order valence-corrected chi connectivity index (χ2v) is 7.03. The van der Waals surface area contributed by atoms with Crippen LogP contribution in [-0.4, -0.2) is 42.5 Å². The van der Waals surface area contributed by atoms with Gasteiger partial charge in [-0.25, -0.2) is 9.79 Å². The van der Waals surface area contributed by atoms with Crippen molar-refractivity contribution in [3.8, 4) is 17.2 Å². The number of aliphatic carboxylic acids is 1. The van der Waals surface area contributed by atoms with E-state index in [9.17, 15) is 9.59 Å². The lowest BCUT2D eigenvalue weighted by Gasteiger charge is -2.11. The number of hydrogen-bond donors (Lipinski definition) is 2. The average molecular weight is 428 g/mol. The monoisotopic (exact) mass is 428 g/mol. The number of ether oxygens (including phenoxy) is 3. The number of rotatable bonds is 8. The molecule has 156 valence electrons. The molecule has 1 fully saturated rings. The zero-order valence-corrected chi connectivity index (χ0v) is 17.2. The fourth-order valence-electron chi connectivity index (χ4n) is 2.55. The summed E-state index contributed by atoms with van der Waals surface area (Å²) in [7, 11) is 1.59. The van der Waals surface area contributed by atoms with Gasteiger partial charge in [0.15, 0.2) is 23.3 Å². The van der Waals surface area contributed by atoms with Gasteiger partial charge in [0.05, 0.1) is 24.3 Å². The first-order valence-electron chi connectivity index (χ1n) is 9.03. The molecule has 0 radical (unpaired) electrons. The Hall–Kier alpha value is -3.46. The fraction of sp³-hybridized carbons (Fsp3) is 0.190. The molecule has 8 nitrogen and oxygen atoms in total. The molecule has 1 saturated heterocycles. The summed E-state index contributed by atoms with van der Waals surface area (Å²) < 4.78 is 15.9. The number of carboxylic acid groups (broad SMARTS) is 1. The van der Waals surface area contributed by atoms with Crippen molar-refractivity contribution in [1.29, 1.82) is 0 Å². The molecule has 0 aromatic heterocycles. The number of amidine groups is 1. The summed E-state index contributed by atoms with van der Waals surface area (Å²) in [5.74, 6) is 0.126. The van der Waals surface area contributed by atoms with Crippen molar-refractivity contribution < 1.29 is 28.9 Å². The van der Waals surface area contributed by atoms with Crippen molar-refractivity contribution in [1.82, 2.24) is 5.32 Å². The van der Waals surface area contributed by atoms with Gasteiger partial charge in [0.2, 0.25) is 0 Å². The van der Waals surface area contributed by atoms with E-state index in [-0.39, 0.29) is 5.91 Å². The van der Waals surface area contributed by atoms with E-state index in [0.29, 0.717) is 39.4 Å². The van der Waals surface area contributed by atoms with Crippen molar-refractivity contribution in [3.05, 3.63) is 52.9 Å². The predicted octanol–water partition coefficient (Wildman–Crippen LogP) is 3.45. The van der Waals surface area contributed by atoms with Crippen LogP contribution >= 0.6 is 11.8 Å².